The maximum Gasteiger partial charge on any atom is 0.321 e. The number of aromatic amines is 1. The lowest BCUT2D eigenvalue weighted by molar-refractivity contribution is 0.149. The fourth-order valence-corrected chi connectivity index (χ4v) is 2.70. The summed E-state index contributed by atoms with van der Waals surface area (Å²) in [7, 11) is 0. The number of piperazine rings is 1. The Morgan fingerprint density at radius 3 is 2.48 bits per heavy atom. The average Bonchev–Trinajstić information content (AvgIpc) is 3.03. The van der Waals surface area contributed by atoms with Crippen LogP contribution < -0.4 is 10.6 Å². The predicted octanol–water partition coefficient (Wildman–Crippen LogP) is 2.05. The van der Waals surface area contributed by atoms with Gasteiger partial charge in [-0.25, -0.2) is 9.59 Å². The molecular weight excluding hydrogens is 294 g/mol. The van der Waals surface area contributed by atoms with E-state index < -0.39 is 0 Å². The molecule has 0 radical (unpaired) electrons. The summed E-state index contributed by atoms with van der Waals surface area (Å²) in [6, 6.07) is 7.56. The number of benzene rings is 1. The summed E-state index contributed by atoms with van der Waals surface area (Å²) < 4.78 is 0. The number of fused-ring (bicyclic) bond motifs is 1. The SMILES string of the molecule is CCNC(=O)N1CCN(C(=O)Nc2ccc3cc[nH]c3c2)CC1. The largest absolute Gasteiger partial charge is 0.361 e. The van der Waals surface area contributed by atoms with Crippen LogP contribution in [0.5, 0.6) is 0 Å². The molecule has 0 spiro atoms. The lowest BCUT2D eigenvalue weighted by atomic mass is 10.2. The van der Waals surface area contributed by atoms with Gasteiger partial charge in [0.15, 0.2) is 0 Å². The third-order valence-corrected chi connectivity index (χ3v) is 3.99. The highest BCUT2D eigenvalue weighted by Crippen LogP contribution is 2.18. The van der Waals surface area contributed by atoms with E-state index in [-0.39, 0.29) is 12.1 Å². The Bertz CT molecular complexity index is 703. The van der Waals surface area contributed by atoms with Crippen molar-refractivity contribution in [3.05, 3.63) is 30.5 Å². The van der Waals surface area contributed by atoms with Crippen molar-refractivity contribution in [2.24, 2.45) is 0 Å². The normalized spacial score (nSPS) is 14.8. The summed E-state index contributed by atoms with van der Waals surface area (Å²) in [5.74, 6) is 0. The number of H-pyrrole nitrogens is 1. The van der Waals surface area contributed by atoms with Crippen LogP contribution in [0.1, 0.15) is 6.92 Å². The van der Waals surface area contributed by atoms with Crippen molar-refractivity contribution in [1.29, 1.82) is 0 Å². The van der Waals surface area contributed by atoms with Crippen LogP contribution in [0.2, 0.25) is 0 Å². The Morgan fingerprint density at radius 2 is 1.78 bits per heavy atom. The highest BCUT2D eigenvalue weighted by Gasteiger charge is 2.23. The Morgan fingerprint density at radius 1 is 1.09 bits per heavy atom. The van der Waals surface area contributed by atoms with Gasteiger partial charge in [-0.3, -0.25) is 0 Å². The first-order valence-electron chi connectivity index (χ1n) is 7.83. The van der Waals surface area contributed by atoms with Crippen molar-refractivity contribution < 1.29 is 9.59 Å². The molecule has 7 heteroatoms. The molecule has 2 aromatic rings. The molecule has 2 heterocycles. The Hall–Kier alpha value is -2.70. The first kappa shape index (κ1) is 15.2. The summed E-state index contributed by atoms with van der Waals surface area (Å²) in [6.07, 6.45) is 1.87. The summed E-state index contributed by atoms with van der Waals surface area (Å²) in [6.45, 7) is 4.68. The third-order valence-electron chi connectivity index (χ3n) is 3.99. The van der Waals surface area contributed by atoms with E-state index in [1.54, 1.807) is 9.80 Å². The van der Waals surface area contributed by atoms with Gasteiger partial charge in [-0.05, 0) is 30.5 Å². The second kappa shape index (κ2) is 6.60. The molecule has 0 atom stereocenters. The molecule has 0 aliphatic carbocycles. The van der Waals surface area contributed by atoms with Gasteiger partial charge in [0.05, 0.1) is 0 Å². The number of hydrogen-bond donors (Lipinski definition) is 3. The number of nitrogens with zero attached hydrogens (tertiary/aromatic N) is 2. The van der Waals surface area contributed by atoms with E-state index in [0.717, 1.165) is 16.6 Å². The minimum Gasteiger partial charge on any atom is -0.361 e. The molecule has 1 aromatic heterocycles. The first-order valence-corrected chi connectivity index (χ1v) is 7.83. The molecule has 0 unspecified atom stereocenters. The Labute approximate surface area is 134 Å². The molecule has 1 saturated heterocycles. The standard InChI is InChI=1S/C16H21N5O2/c1-2-17-15(22)20-7-9-21(10-8-20)16(23)19-13-4-3-12-5-6-18-14(12)11-13/h3-6,11,18H,2,7-10H2,1H3,(H,17,22)(H,19,23). The van der Waals surface area contributed by atoms with Gasteiger partial charge < -0.3 is 25.4 Å². The monoisotopic (exact) mass is 315 g/mol. The molecule has 1 fully saturated rings. The van der Waals surface area contributed by atoms with Crippen LogP contribution in [-0.4, -0.2) is 59.6 Å². The zero-order chi connectivity index (χ0) is 16.2. The second-order valence-electron chi connectivity index (χ2n) is 5.52. The van der Waals surface area contributed by atoms with E-state index in [1.807, 2.05) is 37.4 Å². The molecule has 1 aliphatic rings. The molecule has 3 rings (SSSR count). The highest BCUT2D eigenvalue weighted by atomic mass is 16.2. The fourth-order valence-electron chi connectivity index (χ4n) is 2.70. The zero-order valence-electron chi connectivity index (χ0n) is 13.1. The van der Waals surface area contributed by atoms with Gasteiger partial charge in [0.25, 0.3) is 0 Å². The third kappa shape index (κ3) is 3.39. The second-order valence-corrected chi connectivity index (χ2v) is 5.52. The van der Waals surface area contributed by atoms with E-state index in [2.05, 4.69) is 15.6 Å². The van der Waals surface area contributed by atoms with Crippen molar-refractivity contribution in [3.63, 3.8) is 0 Å². The van der Waals surface area contributed by atoms with Gasteiger partial charge >= 0.3 is 12.1 Å². The molecule has 1 aliphatic heterocycles. The molecule has 3 N–H and O–H groups in total. The number of nitrogens with one attached hydrogen (secondary N) is 3. The van der Waals surface area contributed by atoms with Gasteiger partial charge in [-0.2, -0.15) is 0 Å². The Kier molecular flexibility index (Phi) is 4.36. The number of anilines is 1. The fraction of sp³-hybridized carbons (Fsp3) is 0.375. The van der Waals surface area contributed by atoms with Crippen LogP contribution in [0.25, 0.3) is 10.9 Å². The molecule has 1 aromatic carbocycles. The van der Waals surface area contributed by atoms with Gasteiger partial charge in [0.2, 0.25) is 0 Å². The summed E-state index contributed by atoms with van der Waals surface area (Å²) in [4.78, 5) is 30.7. The molecule has 4 amide bonds. The van der Waals surface area contributed by atoms with Crippen LogP contribution in [0.4, 0.5) is 15.3 Å². The number of amides is 4. The van der Waals surface area contributed by atoms with E-state index in [0.29, 0.717) is 32.7 Å². The molecule has 23 heavy (non-hydrogen) atoms. The smallest absolute Gasteiger partial charge is 0.321 e. The van der Waals surface area contributed by atoms with Gasteiger partial charge in [-0.1, -0.05) is 6.07 Å². The van der Waals surface area contributed by atoms with Crippen molar-refractivity contribution >= 4 is 28.7 Å². The van der Waals surface area contributed by atoms with Crippen molar-refractivity contribution in [3.8, 4) is 0 Å². The summed E-state index contributed by atoms with van der Waals surface area (Å²) in [5.41, 5.74) is 1.75. The number of carbonyl (C=O) groups excluding carboxylic acids is 2. The maximum atomic E-state index is 12.3. The number of rotatable bonds is 2. The predicted molar refractivity (Wildman–Crippen MR) is 89.5 cm³/mol. The highest BCUT2D eigenvalue weighted by molar-refractivity contribution is 5.92. The maximum absolute atomic E-state index is 12.3. The van der Waals surface area contributed by atoms with Crippen LogP contribution in [-0.2, 0) is 0 Å². The molecular formula is C16H21N5O2. The van der Waals surface area contributed by atoms with Crippen LogP contribution in [0, 0.1) is 0 Å². The lowest BCUT2D eigenvalue weighted by Gasteiger charge is -2.34. The van der Waals surface area contributed by atoms with Gasteiger partial charge in [-0.15, -0.1) is 0 Å². The quantitative estimate of drug-likeness (QED) is 0.793. The molecule has 0 saturated carbocycles. The molecule has 122 valence electrons. The number of aromatic nitrogens is 1. The minimum atomic E-state index is -0.133. The topological polar surface area (TPSA) is 80.5 Å². The van der Waals surface area contributed by atoms with Crippen molar-refractivity contribution in [2.75, 3.05) is 38.0 Å². The van der Waals surface area contributed by atoms with Crippen LogP contribution >= 0.6 is 0 Å². The average molecular weight is 315 g/mol. The van der Waals surface area contributed by atoms with E-state index >= 15 is 0 Å². The number of urea groups is 2. The van der Waals surface area contributed by atoms with Crippen LogP contribution in [0.15, 0.2) is 30.5 Å². The summed E-state index contributed by atoms with van der Waals surface area (Å²) >= 11 is 0. The minimum absolute atomic E-state index is 0.0650. The number of carbonyl (C=O) groups is 2. The van der Waals surface area contributed by atoms with Gasteiger partial charge in [0, 0.05) is 50.1 Å². The zero-order valence-corrected chi connectivity index (χ0v) is 13.1. The molecule has 7 nitrogen and oxygen atoms in total. The van der Waals surface area contributed by atoms with Crippen molar-refractivity contribution in [1.82, 2.24) is 20.1 Å². The number of hydrogen-bond acceptors (Lipinski definition) is 2. The Balaban J connectivity index is 1.56. The van der Waals surface area contributed by atoms with Gasteiger partial charge in [0.1, 0.15) is 0 Å². The van der Waals surface area contributed by atoms with Crippen molar-refractivity contribution in [2.45, 2.75) is 6.92 Å². The summed E-state index contributed by atoms with van der Waals surface area (Å²) in [5, 5.41) is 6.80. The lowest BCUT2D eigenvalue weighted by Crippen LogP contribution is -2.53. The van der Waals surface area contributed by atoms with E-state index in [9.17, 15) is 9.59 Å². The molecule has 0 bridgehead atoms. The van der Waals surface area contributed by atoms with Crippen LogP contribution in [0.3, 0.4) is 0 Å². The van der Waals surface area contributed by atoms with E-state index in [4.69, 9.17) is 0 Å². The first-order chi connectivity index (χ1) is 11.2. The van der Waals surface area contributed by atoms with E-state index in [1.165, 1.54) is 0 Å².